The maximum Gasteiger partial charge on any atom is 0.126 e. The van der Waals surface area contributed by atoms with Crippen molar-refractivity contribution in [2.24, 2.45) is 0 Å². The fourth-order valence-corrected chi connectivity index (χ4v) is 2.22. The van der Waals surface area contributed by atoms with Crippen molar-refractivity contribution in [3.05, 3.63) is 34.7 Å². The van der Waals surface area contributed by atoms with Crippen molar-refractivity contribution in [2.45, 2.75) is 26.7 Å². The van der Waals surface area contributed by atoms with E-state index in [2.05, 4.69) is 17.2 Å². The number of halogens is 2. The second-order valence-electron chi connectivity index (χ2n) is 4.22. The van der Waals surface area contributed by atoms with Crippen molar-refractivity contribution in [3.63, 3.8) is 0 Å². The number of nitrogens with zero attached hydrogens (tertiary/aromatic N) is 1. The molecule has 0 bridgehead atoms. The van der Waals surface area contributed by atoms with E-state index in [-0.39, 0.29) is 5.82 Å². The number of anilines is 1. The average molecular weight is 267 g/mol. The fourth-order valence-electron chi connectivity index (χ4n) is 1.92. The van der Waals surface area contributed by atoms with E-state index in [4.69, 9.17) is 11.6 Å². The molecule has 0 fully saturated rings. The van der Waals surface area contributed by atoms with Gasteiger partial charge in [-0.25, -0.2) is 4.39 Å². The van der Waals surface area contributed by atoms with E-state index < -0.39 is 0 Å². The van der Waals surface area contributed by atoms with Gasteiger partial charge < -0.3 is 5.32 Å². The molecule has 1 aromatic carbocycles. The Morgan fingerprint density at radius 3 is 2.72 bits per heavy atom. The summed E-state index contributed by atoms with van der Waals surface area (Å²) in [5, 5.41) is 4.52. The molecule has 1 N–H and O–H groups in total. The number of fused-ring (bicyclic) bond motifs is 1. The number of pyridine rings is 1. The predicted octanol–water partition coefficient (Wildman–Crippen LogP) is 4.41. The maximum atomic E-state index is 13.4. The van der Waals surface area contributed by atoms with Gasteiger partial charge in [0.25, 0.3) is 0 Å². The highest BCUT2D eigenvalue weighted by molar-refractivity contribution is 6.36. The molecule has 0 saturated heterocycles. The Kier molecular flexibility index (Phi) is 4.02. The smallest absolute Gasteiger partial charge is 0.126 e. The van der Waals surface area contributed by atoms with Crippen LogP contribution in [0.5, 0.6) is 0 Å². The minimum atomic E-state index is -0.352. The highest BCUT2D eigenvalue weighted by Crippen LogP contribution is 2.31. The molecular formula is C14H16ClFN2. The van der Waals surface area contributed by atoms with Crippen LogP contribution >= 0.6 is 11.6 Å². The van der Waals surface area contributed by atoms with Gasteiger partial charge in [0.15, 0.2) is 0 Å². The standard InChI is InChI=1S/C14H16ClFN2/c1-3-5-17-12-8-10(4-2)18-13-7-9(16)6-11(15)14(12)13/h6-8H,3-5H2,1-2H3,(H,17,18). The van der Waals surface area contributed by atoms with Crippen molar-refractivity contribution in [1.82, 2.24) is 4.98 Å². The van der Waals surface area contributed by atoms with Crippen LogP contribution in [0, 0.1) is 5.82 Å². The number of hydrogen-bond donors (Lipinski definition) is 1. The van der Waals surface area contributed by atoms with Crippen LogP contribution in [-0.4, -0.2) is 11.5 Å². The Morgan fingerprint density at radius 2 is 2.06 bits per heavy atom. The van der Waals surface area contributed by atoms with Crippen LogP contribution in [0.2, 0.25) is 5.02 Å². The van der Waals surface area contributed by atoms with Gasteiger partial charge in [-0.2, -0.15) is 0 Å². The number of benzene rings is 1. The molecule has 0 aliphatic rings. The second kappa shape index (κ2) is 5.53. The van der Waals surface area contributed by atoms with Gasteiger partial charge >= 0.3 is 0 Å². The summed E-state index contributed by atoms with van der Waals surface area (Å²) in [5.41, 5.74) is 2.48. The summed E-state index contributed by atoms with van der Waals surface area (Å²) in [5.74, 6) is -0.352. The van der Waals surface area contributed by atoms with E-state index in [0.29, 0.717) is 10.5 Å². The van der Waals surface area contributed by atoms with Crippen molar-refractivity contribution in [2.75, 3.05) is 11.9 Å². The molecule has 0 unspecified atom stereocenters. The minimum Gasteiger partial charge on any atom is -0.384 e. The first-order valence-corrected chi connectivity index (χ1v) is 6.56. The van der Waals surface area contributed by atoms with Crippen LogP contribution in [0.15, 0.2) is 18.2 Å². The SMILES string of the molecule is CCCNc1cc(CC)nc2cc(F)cc(Cl)c12. The third-order valence-electron chi connectivity index (χ3n) is 2.81. The quantitative estimate of drug-likeness (QED) is 0.887. The van der Waals surface area contributed by atoms with Gasteiger partial charge in [-0.1, -0.05) is 25.4 Å². The molecule has 1 heterocycles. The Hall–Kier alpha value is -1.35. The van der Waals surface area contributed by atoms with Crippen LogP contribution in [0.4, 0.5) is 10.1 Å². The van der Waals surface area contributed by atoms with E-state index in [1.807, 2.05) is 13.0 Å². The number of rotatable bonds is 4. The van der Waals surface area contributed by atoms with E-state index in [9.17, 15) is 4.39 Å². The lowest BCUT2D eigenvalue weighted by Crippen LogP contribution is -2.03. The van der Waals surface area contributed by atoms with Crippen molar-refractivity contribution in [3.8, 4) is 0 Å². The van der Waals surface area contributed by atoms with Crippen LogP contribution in [0.3, 0.4) is 0 Å². The van der Waals surface area contributed by atoms with E-state index in [1.54, 1.807) is 0 Å². The average Bonchev–Trinajstić information content (AvgIpc) is 2.34. The van der Waals surface area contributed by atoms with Gasteiger partial charge in [0.05, 0.1) is 10.5 Å². The second-order valence-corrected chi connectivity index (χ2v) is 4.63. The molecule has 0 saturated carbocycles. The van der Waals surface area contributed by atoms with Gasteiger partial charge in [0, 0.05) is 29.4 Å². The highest BCUT2D eigenvalue weighted by atomic mass is 35.5. The summed E-state index contributed by atoms with van der Waals surface area (Å²) in [6.45, 7) is 4.98. The zero-order chi connectivity index (χ0) is 13.1. The normalized spacial score (nSPS) is 10.9. The number of hydrogen-bond acceptors (Lipinski definition) is 2. The van der Waals surface area contributed by atoms with E-state index in [0.717, 1.165) is 36.2 Å². The van der Waals surface area contributed by atoms with Crippen molar-refractivity contribution < 1.29 is 4.39 Å². The summed E-state index contributed by atoms with van der Waals surface area (Å²) in [6.07, 6.45) is 1.83. The van der Waals surface area contributed by atoms with Gasteiger partial charge in [-0.15, -0.1) is 0 Å². The van der Waals surface area contributed by atoms with Gasteiger partial charge in [-0.05, 0) is 25.0 Å². The summed E-state index contributed by atoms with van der Waals surface area (Å²) in [4.78, 5) is 4.42. The largest absolute Gasteiger partial charge is 0.384 e. The number of nitrogens with one attached hydrogen (secondary N) is 1. The first-order valence-electron chi connectivity index (χ1n) is 6.18. The molecule has 0 atom stereocenters. The molecule has 18 heavy (non-hydrogen) atoms. The van der Waals surface area contributed by atoms with Gasteiger partial charge in [0.1, 0.15) is 5.82 Å². The molecule has 4 heteroatoms. The van der Waals surface area contributed by atoms with Gasteiger partial charge in [0.2, 0.25) is 0 Å². The Bertz CT molecular complexity index is 569. The number of aryl methyl sites for hydroxylation is 1. The lowest BCUT2D eigenvalue weighted by molar-refractivity contribution is 0.629. The Balaban J connectivity index is 2.64. The zero-order valence-electron chi connectivity index (χ0n) is 10.6. The molecule has 96 valence electrons. The topological polar surface area (TPSA) is 24.9 Å². The first-order chi connectivity index (χ1) is 8.65. The zero-order valence-corrected chi connectivity index (χ0v) is 11.3. The lowest BCUT2D eigenvalue weighted by atomic mass is 10.1. The lowest BCUT2D eigenvalue weighted by Gasteiger charge is -2.12. The summed E-state index contributed by atoms with van der Waals surface area (Å²) in [6, 6.07) is 4.74. The van der Waals surface area contributed by atoms with E-state index in [1.165, 1.54) is 12.1 Å². The summed E-state index contributed by atoms with van der Waals surface area (Å²) < 4.78 is 13.4. The monoisotopic (exact) mass is 266 g/mol. The molecule has 1 aromatic heterocycles. The van der Waals surface area contributed by atoms with E-state index >= 15 is 0 Å². The molecule has 2 nitrogen and oxygen atoms in total. The Morgan fingerprint density at radius 1 is 1.28 bits per heavy atom. The van der Waals surface area contributed by atoms with Crippen LogP contribution in [0.1, 0.15) is 26.0 Å². The van der Waals surface area contributed by atoms with Crippen LogP contribution in [0.25, 0.3) is 10.9 Å². The molecule has 0 radical (unpaired) electrons. The molecule has 2 rings (SSSR count). The third kappa shape index (κ3) is 2.56. The van der Waals surface area contributed by atoms with Crippen LogP contribution in [-0.2, 0) is 6.42 Å². The highest BCUT2D eigenvalue weighted by Gasteiger charge is 2.10. The molecule has 0 spiro atoms. The number of aromatic nitrogens is 1. The Labute approximate surface area is 111 Å². The molecule has 0 aliphatic heterocycles. The summed E-state index contributed by atoms with van der Waals surface area (Å²) in [7, 11) is 0. The molecule has 0 amide bonds. The molecule has 0 aliphatic carbocycles. The van der Waals surface area contributed by atoms with Crippen molar-refractivity contribution >= 4 is 28.2 Å². The third-order valence-corrected chi connectivity index (χ3v) is 3.10. The fraction of sp³-hybridized carbons (Fsp3) is 0.357. The summed E-state index contributed by atoms with van der Waals surface area (Å²) >= 11 is 6.12. The minimum absolute atomic E-state index is 0.352. The van der Waals surface area contributed by atoms with Gasteiger partial charge in [-0.3, -0.25) is 4.98 Å². The first kappa shape index (κ1) is 13.1. The molecule has 2 aromatic rings. The van der Waals surface area contributed by atoms with Crippen LogP contribution < -0.4 is 5.32 Å². The maximum absolute atomic E-state index is 13.4. The predicted molar refractivity (Wildman–Crippen MR) is 74.9 cm³/mol. The van der Waals surface area contributed by atoms with Crippen molar-refractivity contribution in [1.29, 1.82) is 0 Å². The molecular weight excluding hydrogens is 251 g/mol.